The molecule has 1 aliphatic carbocycles. The van der Waals surface area contributed by atoms with Gasteiger partial charge in [0.15, 0.2) is 5.92 Å². The molecule has 0 unspecified atom stereocenters. The van der Waals surface area contributed by atoms with Crippen molar-refractivity contribution in [1.29, 1.82) is 0 Å². The number of hydrogen-bond donors (Lipinski definition) is 0. The van der Waals surface area contributed by atoms with E-state index >= 15 is 0 Å². The monoisotopic (exact) mass is 232 g/mol. The van der Waals surface area contributed by atoms with Gasteiger partial charge >= 0.3 is 23.9 Å². The normalized spacial score (nSPS) is 29.8. The molecule has 0 spiro atoms. The van der Waals surface area contributed by atoms with Crippen LogP contribution in [0.2, 0.25) is 0 Å². The molecule has 0 saturated heterocycles. The average molecular weight is 232 g/mol. The summed E-state index contributed by atoms with van der Waals surface area (Å²) in [6.45, 7) is 0. The van der Waals surface area contributed by atoms with Gasteiger partial charge in [0.2, 0.25) is 0 Å². The molecule has 0 aromatic heterocycles. The zero-order chi connectivity index (χ0) is 11.6. The fourth-order valence-corrected chi connectivity index (χ4v) is 1.15. The summed E-state index contributed by atoms with van der Waals surface area (Å²) in [7, 11) is 0. The summed E-state index contributed by atoms with van der Waals surface area (Å²) in [6, 6.07) is 0. The van der Waals surface area contributed by atoms with Crippen molar-refractivity contribution in [2.45, 2.75) is 23.9 Å². The van der Waals surface area contributed by atoms with Crippen LogP contribution < -0.4 is 0 Å². The first-order valence-electron chi connectivity index (χ1n) is 3.07. The molecule has 84 valence electrons. The van der Waals surface area contributed by atoms with Crippen LogP contribution in [-0.4, -0.2) is 23.9 Å². The van der Waals surface area contributed by atoms with Crippen LogP contribution in [0.5, 0.6) is 0 Å². The molecule has 0 radical (unpaired) electrons. The quantitative estimate of drug-likeness (QED) is 0.563. The van der Waals surface area contributed by atoms with E-state index in [1.54, 1.807) is 0 Å². The third-order valence-electron chi connectivity index (χ3n) is 1.89. The highest BCUT2D eigenvalue weighted by Gasteiger charge is 2.95. The molecule has 0 bridgehead atoms. The second-order valence-corrected chi connectivity index (χ2v) is 2.79. The van der Waals surface area contributed by atoms with E-state index in [2.05, 4.69) is 0 Å². The fourth-order valence-electron chi connectivity index (χ4n) is 1.15. The minimum absolute atomic E-state index is 4.61. The molecule has 0 heterocycles. The van der Waals surface area contributed by atoms with Gasteiger partial charge in [0.25, 0.3) is 0 Å². The zero-order valence-electron chi connectivity index (χ0n) is 5.98. The van der Waals surface area contributed by atoms with E-state index in [9.17, 15) is 39.5 Å². The molecular weight excluding hydrogens is 231 g/mol. The predicted molar refractivity (Wildman–Crippen MR) is 24.4 cm³/mol. The number of rotatable bonds is 0. The third kappa shape index (κ3) is 0.977. The van der Waals surface area contributed by atoms with Gasteiger partial charge in [-0.1, -0.05) is 0 Å². The summed E-state index contributed by atoms with van der Waals surface area (Å²) in [4.78, 5) is 0. The van der Waals surface area contributed by atoms with Gasteiger partial charge < -0.3 is 0 Å². The standard InChI is InChI=1S/C5HF9/c6-2(7)1(4(10,11)12)3(8,9)5(2,13)14/h1H. The van der Waals surface area contributed by atoms with Crippen molar-refractivity contribution in [1.82, 2.24) is 0 Å². The lowest BCUT2D eigenvalue weighted by Gasteiger charge is -2.50. The van der Waals surface area contributed by atoms with E-state index in [0.717, 1.165) is 0 Å². The molecular formula is C5HF9. The van der Waals surface area contributed by atoms with Crippen LogP contribution in [0.3, 0.4) is 0 Å². The maximum Gasteiger partial charge on any atom is 0.403 e. The summed E-state index contributed by atoms with van der Waals surface area (Å²) >= 11 is 0. The Morgan fingerprint density at radius 2 is 1.00 bits per heavy atom. The molecule has 1 aliphatic rings. The van der Waals surface area contributed by atoms with E-state index in [0.29, 0.717) is 0 Å². The highest BCUT2D eigenvalue weighted by Crippen LogP contribution is 2.68. The molecule has 0 amide bonds. The number of alkyl halides is 9. The van der Waals surface area contributed by atoms with Crippen LogP contribution >= 0.6 is 0 Å². The van der Waals surface area contributed by atoms with Crippen molar-refractivity contribution in [2.75, 3.05) is 0 Å². The largest absolute Gasteiger partial charge is 0.403 e. The average Bonchev–Trinajstić information content (AvgIpc) is 1.79. The number of hydrogen-bond acceptors (Lipinski definition) is 0. The Labute approximate surface area is 70.7 Å². The van der Waals surface area contributed by atoms with E-state index < -0.39 is 29.9 Å². The van der Waals surface area contributed by atoms with Gasteiger partial charge in [-0.05, 0) is 0 Å². The Kier molecular flexibility index (Phi) is 1.88. The highest BCUT2D eigenvalue weighted by molar-refractivity contribution is 5.18. The molecule has 1 rings (SSSR count). The fraction of sp³-hybridized carbons (Fsp3) is 1.00. The summed E-state index contributed by atoms with van der Waals surface area (Å²) in [5, 5.41) is 0. The summed E-state index contributed by atoms with van der Waals surface area (Å²) < 4.78 is 106. The third-order valence-corrected chi connectivity index (χ3v) is 1.89. The van der Waals surface area contributed by atoms with Crippen LogP contribution in [0.1, 0.15) is 0 Å². The molecule has 0 aromatic rings. The van der Waals surface area contributed by atoms with Crippen molar-refractivity contribution >= 4 is 0 Å². The molecule has 14 heavy (non-hydrogen) atoms. The number of halogens is 9. The molecule has 0 aromatic carbocycles. The van der Waals surface area contributed by atoms with Crippen molar-refractivity contribution in [2.24, 2.45) is 5.92 Å². The van der Waals surface area contributed by atoms with E-state index in [1.165, 1.54) is 0 Å². The smallest absolute Gasteiger partial charge is 0.199 e. The van der Waals surface area contributed by atoms with Gasteiger partial charge in [-0.2, -0.15) is 39.5 Å². The van der Waals surface area contributed by atoms with Gasteiger partial charge in [-0.25, -0.2) is 0 Å². The van der Waals surface area contributed by atoms with E-state index in [-0.39, 0.29) is 0 Å². The van der Waals surface area contributed by atoms with Crippen molar-refractivity contribution in [3.63, 3.8) is 0 Å². The first-order chi connectivity index (χ1) is 5.87. The Bertz CT molecular complexity index is 230. The van der Waals surface area contributed by atoms with Gasteiger partial charge in [0.1, 0.15) is 0 Å². The van der Waals surface area contributed by atoms with Gasteiger partial charge in [-0.15, -0.1) is 0 Å². The van der Waals surface area contributed by atoms with Crippen LogP contribution in [0, 0.1) is 5.92 Å². The molecule has 0 atom stereocenters. The van der Waals surface area contributed by atoms with Gasteiger partial charge in [0, 0.05) is 0 Å². The Morgan fingerprint density at radius 3 is 1.14 bits per heavy atom. The SMILES string of the molecule is FC(F)(F)C1C(F)(F)C(F)(F)C1(F)F. The first-order valence-corrected chi connectivity index (χ1v) is 3.07. The van der Waals surface area contributed by atoms with Gasteiger partial charge in [-0.3, -0.25) is 0 Å². The minimum Gasteiger partial charge on any atom is -0.199 e. The molecule has 1 saturated carbocycles. The van der Waals surface area contributed by atoms with E-state index in [1.807, 2.05) is 0 Å². The predicted octanol–water partition coefficient (Wildman–Crippen LogP) is 3.08. The molecule has 1 fully saturated rings. The lowest BCUT2D eigenvalue weighted by Crippen LogP contribution is -2.78. The highest BCUT2D eigenvalue weighted by atomic mass is 19.4. The zero-order valence-corrected chi connectivity index (χ0v) is 5.98. The second kappa shape index (κ2) is 2.30. The first kappa shape index (κ1) is 11.4. The molecule has 0 aliphatic heterocycles. The maximum absolute atomic E-state index is 12.0. The molecule has 0 nitrogen and oxygen atoms in total. The Balaban J connectivity index is 3.13. The minimum atomic E-state index is -6.06. The lowest BCUT2D eigenvalue weighted by atomic mass is 9.72. The molecule has 0 N–H and O–H groups in total. The Morgan fingerprint density at radius 1 is 0.714 bits per heavy atom. The van der Waals surface area contributed by atoms with Crippen LogP contribution in [0.4, 0.5) is 39.5 Å². The van der Waals surface area contributed by atoms with Crippen molar-refractivity contribution in [3.8, 4) is 0 Å². The maximum atomic E-state index is 12.0. The second-order valence-electron chi connectivity index (χ2n) is 2.79. The summed E-state index contributed by atoms with van der Waals surface area (Å²) in [6.07, 6.45) is -6.06. The van der Waals surface area contributed by atoms with Gasteiger partial charge in [0.05, 0.1) is 0 Å². The van der Waals surface area contributed by atoms with Crippen LogP contribution in [-0.2, 0) is 0 Å². The topological polar surface area (TPSA) is 0 Å². The van der Waals surface area contributed by atoms with Crippen LogP contribution in [0.25, 0.3) is 0 Å². The van der Waals surface area contributed by atoms with Crippen molar-refractivity contribution < 1.29 is 39.5 Å². The van der Waals surface area contributed by atoms with Crippen LogP contribution in [0.15, 0.2) is 0 Å². The lowest BCUT2D eigenvalue weighted by molar-refractivity contribution is -0.478. The summed E-state index contributed by atoms with van der Waals surface area (Å²) in [5.74, 6) is -22.1. The Hall–Kier alpha value is -0.630. The van der Waals surface area contributed by atoms with Crippen molar-refractivity contribution in [3.05, 3.63) is 0 Å². The summed E-state index contributed by atoms with van der Waals surface area (Å²) in [5.41, 5.74) is 0. The molecule has 9 heteroatoms. The van der Waals surface area contributed by atoms with E-state index in [4.69, 9.17) is 0 Å².